The maximum Gasteiger partial charge on any atom is 0.282 e. The molecule has 0 unspecified atom stereocenters. The third-order valence-corrected chi connectivity index (χ3v) is 5.35. The van der Waals surface area contributed by atoms with E-state index < -0.39 is 0 Å². The molecule has 31 heavy (non-hydrogen) atoms. The maximum atomic E-state index is 13.2. The lowest BCUT2D eigenvalue weighted by Gasteiger charge is -2.09. The number of aromatic nitrogens is 3. The number of hydrogen-bond donors (Lipinski definition) is 0. The predicted octanol–water partition coefficient (Wildman–Crippen LogP) is 5.46. The molecular weight excluding hydrogens is 408 g/mol. The summed E-state index contributed by atoms with van der Waals surface area (Å²) in [7, 11) is 0. The van der Waals surface area contributed by atoms with Crippen LogP contribution in [0, 0.1) is 6.92 Å². The van der Waals surface area contributed by atoms with E-state index in [0.717, 1.165) is 22.0 Å². The molecule has 0 atom stereocenters. The Balaban J connectivity index is 1.70. The highest BCUT2D eigenvalue weighted by Crippen LogP contribution is 2.22. The molecule has 0 aliphatic rings. The van der Waals surface area contributed by atoms with E-state index >= 15 is 0 Å². The van der Waals surface area contributed by atoms with Gasteiger partial charge in [0, 0.05) is 16.5 Å². The molecule has 3 aromatic carbocycles. The van der Waals surface area contributed by atoms with E-state index in [1.165, 1.54) is 4.68 Å². The van der Waals surface area contributed by atoms with Crippen LogP contribution < -0.4 is 5.56 Å². The van der Waals surface area contributed by atoms with E-state index in [4.69, 9.17) is 16.6 Å². The van der Waals surface area contributed by atoms with Crippen molar-refractivity contribution in [2.75, 3.05) is 0 Å². The fraction of sp³-hybridized carbons (Fsp3) is 0.0400. The minimum absolute atomic E-state index is 0.249. The van der Waals surface area contributed by atoms with Crippen molar-refractivity contribution in [3.05, 3.63) is 105 Å². The topological polar surface area (TPSA) is 60.1 Å². The van der Waals surface area contributed by atoms with Crippen LogP contribution in [0.2, 0.25) is 5.15 Å². The van der Waals surface area contributed by atoms with Crippen molar-refractivity contribution in [2.24, 2.45) is 5.10 Å². The zero-order valence-corrected chi connectivity index (χ0v) is 17.4. The molecule has 0 radical (unpaired) electrons. The van der Waals surface area contributed by atoms with Gasteiger partial charge >= 0.3 is 0 Å². The molecule has 6 heteroatoms. The number of para-hydroxylation sites is 1. The summed E-state index contributed by atoms with van der Waals surface area (Å²) < 4.78 is 1.31. The molecule has 0 fully saturated rings. The molecule has 0 saturated heterocycles. The minimum atomic E-state index is -0.249. The van der Waals surface area contributed by atoms with Crippen LogP contribution >= 0.6 is 11.6 Å². The quantitative estimate of drug-likeness (QED) is 0.285. The first-order valence-electron chi connectivity index (χ1n) is 9.79. The second-order valence-electron chi connectivity index (χ2n) is 7.24. The van der Waals surface area contributed by atoms with Gasteiger partial charge in [-0.15, -0.1) is 0 Å². The van der Waals surface area contributed by atoms with Gasteiger partial charge in [0.1, 0.15) is 5.15 Å². The van der Waals surface area contributed by atoms with Crippen LogP contribution in [0.1, 0.15) is 11.1 Å². The van der Waals surface area contributed by atoms with Gasteiger partial charge in [-0.3, -0.25) is 4.79 Å². The van der Waals surface area contributed by atoms with Crippen LogP contribution in [0.25, 0.3) is 33.2 Å². The fourth-order valence-electron chi connectivity index (χ4n) is 3.49. The van der Waals surface area contributed by atoms with Crippen molar-refractivity contribution in [1.82, 2.24) is 14.6 Å². The molecule has 0 spiro atoms. The third-order valence-electron chi connectivity index (χ3n) is 5.05. The Morgan fingerprint density at radius 1 is 0.903 bits per heavy atom. The van der Waals surface area contributed by atoms with Crippen molar-refractivity contribution in [2.45, 2.75) is 6.92 Å². The zero-order chi connectivity index (χ0) is 21.4. The average molecular weight is 425 g/mol. The highest BCUT2D eigenvalue weighted by molar-refractivity contribution is 6.32. The molecule has 0 saturated carbocycles. The highest BCUT2D eigenvalue weighted by Gasteiger charge is 2.12. The Morgan fingerprint density at radius 2 is 1.68 bits per heavy atom. The lowest BCUT2D eigenvalue weighted by atomic mass is 10.1. The van der Waals surface area contributed by atoms with Crippen molar-refractivity contribution in [1.29, 1.82) is 0 Å². The third kappa shape index (κ3) is 3.60. The smallest absolute Gasteiger partial charge is 0.267 e. The van der Waals surface area contributed by atoms with E-state index in [1.807, 2.05) is 79.7 Å². The summed E-state index contributed by atoms with van der Waals surface area (Å²) in [5.74, 6) is 0.459. The van der Waals surface area contributed by atoms with Crippen LogP contribution in [0.3, 0.4) is 0 Å². The number of nitrogens with zero attached hydrogens (tertiary/aromatic N) is 4. The number of halogens is 1. The lowest BCUT2D eigenvalue weighted by Crippen LogP contribution is -2.20. The van der Waals surface area contributed by atoms with Gasteiger partial charge in [0.2, 0.25) is 0 Å². The molecule has 0 N–H and O–H groups in total. The number of pyridine rings is 1. The number of benzene rings is 3. The summed E-state index contributed by atoms with van der Waals surface area (Å²) in [5.41, 5.74) is 3.72. The van der Waals surface area contributed by atoms with Crippen molar-refractivity contribution in [3.8, 4) is 11.4 Å². The molecule has 0 aliphatic heterocycles. The van der Waals surface area contributed by atoms with E-state index in [-0.39, 0.29) is 5.56 Å². The Morgan fingerprint density at radius 3 is 2.52 bits per heavy atom. The number of aryl methyl sites for hydroxylation is 1. The van der Waals surface area contributed by atoms with Crippen LogP contribution in [0.5, 0.6) is 0 Å². The van der Waals surface area contributed by atoms with E-state index in [0.29, 0.717) is 27.4 Å². The van der Waals surface area contributed by atoms with Crippen LogP contribution in [0.4, 0.5) is 0 Å². The Labute approximate surface area is 183 Å². The lowest BCUT2D eigenvalue weighted by molar-refractivity contribution is 0.829. The predicted molar refractivity (Wildman–Crippen MR) is 126 cm³/mol. The molecule has 0 bridgehead atoms. The first-order valence-corrected chi connectivity index (χ1v) is 10.2. The summed E-state index contributed by atoms with van der Waals surface area (Å²) in [4.78, 5) is 22.4. The molecule has 0 amide bonds. The Bertz CT molecular complexity index is 1520. The number of fused-ring (bicyclic) bond motifs is 2. The van der Waals surface area contributed by atoms with Gasteiger partial charge in [-0.1, -0.05) is 66.2 Å². The standard InChI is InChI=1S/C25H17ClN4O/c1-16-11-12-18-14-19(23(26)28-22(18)13-16)15-27-30-24(17-7-3-2-4-8-17)29-21-10-6-5-9-20(21)25(30)31/h2-15H,1H3/b27-15+. The van der Waals surface area contributed by atoms with E-state index in [1.54, 1.807) is 12.3 Å². The molecule has 5 aromatic rings. The van der Waals surface area contributed by atoms with Gasteiger partial charge in [-0.25, -0.2) is 9.97 Å². The van der Waals surface area contributed by atoms with Gasteiger partial charge in [0.05, 0.1) is 22.6 Å². The SMILES string of the molecule is Cc1ccc2cc(/C=N/n3c(-c4ccccc4)nc4ccccc4c3=O)c(Cl)nc2c1. The second kappa shape index (κ2) is 7.78. The molecule has 5 nitrogen and oxygen atoms in total. The average Bonchev–Trinajstić information content (AvgIpc) is 2.79. The molecule has 2 heterocycles. The monoisotopic (exact) mass is 424 g/mol. The fourth-order valence-corrected chi connectivity index (χ4v) is 3.68. The molecule has 5 rings (SSSR count). The van der Waals surface area contributed by atoms with Crippen LogP contribution in [-0.2, 0) is 0 Å². The van der Waals surface area contributed by atoms with Gasteiger partial charge in [0.15, 0.2) is 5.82 Å². The van der Waals surface area contributed by atoms with Gasteiger partial charge in [-0.2, -0.15) is 9.78 Å². The van der Waals surface area contributed by atoms with Crippen LogP contribution in [-0.4, -0.2) is 20.9 Å². The summed E-state index contributed by atoms with van der Waals surface area (Å²) in [5, 5.41) is 6.25. The maximum absolute atomic E-state index is 13.2. The van der Waals surface area contributed by atoms with Gasteiger partial charge in [-0.05, 0) is 36.8 Å². The first kappa shape index (κ1) is 19.2. The van der Waals surface area contributed by atoms with Crippen LogP contribution in [0.15, 0.2) is 88.8 Å². The molecular formula is C25H17ClN4O. The summed E-state index contributed by atoms with van der Waals surface area (Å²) in [6.45, 7) is 2.01. The van der Waals surface area contributed by atoms with Crippen molar-refractivity contribution >= 4 is 39.6 Å². The van der Waals surface area contributed by atoms with Crippen molar-refractivity contribution < 1.29 is 0 Å². The minimum Gasteiger partial charge on any atom is -0.267 e. The number of hydrogen-bond acceptors (Lipinski definition) is 4. The van der Waals surface area contributed by atoms with E-state index in [2.05, 4.69) is 10.1 Å². The summed E-state index contributed by atoms with van der Waals surface area (Å²) in [6.07, 6.45) is 1.55. The highest BCUT2D eigenvalue weighted by atomic mass is 35.5. The second-order valence-corrected chi connectivity index (χ2v) is 7.60. The van der Waals surface area contributed by atoms with Gasteiger partial charge in [0.25, 0.3) is 5.56 Å². The summed E-state index contributed by atoms with van der Waals surface area (Å²) >= 11 is 6.41. The summed E-state index contributed by atoms with van der Waals surface area (Å²) in [6, 6.07) is 24.7. The zero-order valence-electron chi connectivity index (χ0n) is 16.7. The van der Waals surface area contributed by atoms with Gasteiger partial charge < -0.3 is 0 Å². The Kier molecular flexibility index (Phi) is 4.81. The van der Waals surface area contributed by atoms with E-state index in [9.17, 15) is 4.79 Å². The first-order chi connectivity index (χ1) is 15.1. The molecule has 2 aromatic heterocycles. The molecule has 150 valence electrons. The molecule has 0 aliphatic carbocycles. The van der Waals surface area contributed by atoms with Crippen molar-refractivity contribution in [3.63, 3.8) is 0 Å². The normalized spacial score (nSPS) is 11.5. The largest absolute Gasteiger partial charge is 0.282 e. The number of rotatable bonds is 3. The Hall–Kier alpha value is -3.83.